The summed E-state index contributed by atoms with van der Waals surface area (Å²) in [6.45, 7) is 4.07. The van der Waals surface area contributed by atoms with Gasteiger partial charge in [-0.05, 0) is 23.3 Å². The molecule has 1 atom stereocenters. The third kappa shape index (κ3) is 2.96. The van der Waals surface area contributed by atoms with Crippen molar-refractivity contribution >= 4 is 17.5 Å². The van der Waals surface area contributed by atoms with Gasteiger partial charge < -0.3 is 5.11 Å². The van der Waals surface area contributed by atoms with Gasteiger partial charge >= 0.3 is 0 Å². The Kier molecular flexibility index (Phi) is 4.68. The second-order valence-corrected chi connectivity index (χ2v) is 9.80. The Hall–Kier alpha value is -3.43. The number of hydrogen-bond donors (Lipinski definition) is 1. The molecule has 1 unspecified atom stereocenters. The minimum Gasteiger partial charge on any atom is -0.503 e. The number of fused-ring (bicyclic) bond motifs is 3. The van der Waals surface area contributed by atoms with Gasteiger partial charge in [0.25, 0.3) is 0 Å². The maximum atomic E-state index is 13.2. The minimum absolute atomic E-state index is 0.0165. The van der Waals surface area contributed by atoms with Crippen molar-refractivity contribution in [1.29, 1.82) is 0 Å². The molecule has 1 aromatic heterocycles. The van der Waals surface area contributed by atoms with Crippen LogP contribution in [0.15, 0.2) is 64.4 Å². The largest absolute Gasteiger partial charge is 0.503 e. The topological polar surface area (TPSA) is 62.5 Å². The fourth-order valence-corrected chi connectivity index (χ4v) is 5.76. The molecule has 3 heterocycles. The van der Waals surface area contributed by atoms with Gasteiger partial charge in [0.15, 0.2) is 17.2 Å². The molecule has 160 valence electrons. The Morgan fingerprint density at radius 1 is 1.12 bits per heavy atom. The monoisotopic (exact) mass is 442 g/mol. The lowest BCUT2D eigenvalue weighted by atomic mass is 9.82. The lowest BCUT2D eigenvalue weighted by Crippen LogP contribution is -2.54. The molecule has 0 bridgehead atoms. The van der Waals surface area contributed by atoms with Gasteiger partial charge in [-0.15, -0.1) is 18.2 Å². The molecule has 0 saturated carbocycles. The van der Waals surface area contributed by atoms with Crippen LogP contribution < -0.4 is 10.4 Å². The van der Waals surface area contributed by atoms with Gasteiger partial charge in [-0.2, -0.15) is 0 Å². The highest BCUT2D eigenvalue weighted by molar-refractivity contribution is 7.98. The molecule has 0 amide bonds. The molecule has 2 aromatic carbocycles. The van der Waals surface area contributed by atoms with E-state index in [4.69, 9.17) is 6.42 Å². The van der Waals surface area contributed by atoms with Gasteiger partial charge in [0.05, 0.1) is 6.04 Å². The van der Waals surface area contributed by atoms with Crippen LogP contribution in [-0.4, -0.2) is 22.1 Å². The van der Waals surface area contributed by atoms with E-state index in [9.17, 15) is 14.7 Å². The zero-order chi connectivity index (χ0) is 22.6. The fourth-order valence-electron chi connectivity index (χ4n) is 4.68. The molecule has 0 saturated heterocycles. The number of Topliss-reactive ketones (excluding diaryl/α,β-unsaturated/α-hetero) is 1. The molecule has 0 aliphatic carbocycles. The van der Waals surface area contributed by atoms with Crippen molar-refractivity contribution in [3.8, 4) is 18.1 Å². The first kappa shape index (κ1) is 20.5. The third-order valence-corrected chi connectivity index (χ3v) is 7.38. The molecule has 32 heavy (non-hydrogen) atoms. The van der Waals surface area contributed by atoms with E-state index in [0.717, 1.165) is 32.9 Å². The molecule has 2 aliphatic heterocycles. The Labute approximate surface area is 190 Å². The number of rotatable bonds is 1. The van der Waals surface area contributed by atoms with Crippen LogP contribution in [0, 0.1) is 17.8 Å². The number of pyridine rings is 1. The van der Waals surface area contributed by atoms with Crippen LogP contribution in [0.3, 0.4) is 0 Å². The summed E-state index contributed by atoms with van der Waals surface area (Å²) in [4.78, 5) is 26.6. The van der Waals surface area contributed by atoms with Gasteiger partial charge in [-0.1, -0.05) is 50.1 Å². The molecular weight excluding hydrogens is 420 g/mol. The van der Waals surface area contributed by atoms with Crippen molar-refractivity contribution < 1.29 is 9.90 Å². The van der Waals surface area contributed by atoms with Gasteiger partial charge in [0.1, 0.15) is 0 Å². The number of hydrogen-bond acceptors (Lipinski definition) is 5. The summed E-state index contributed by atoms with van der Waals surface area (Å²) < 4.78 is 1.64. The second-order valence-electron chi connectivity index (χ2n) is 8.78. The van der Waals surface area contributed by atoms with Crippen LogP contribution in [0.4, 0.5) is 0 Å². The number of thioether (sulfide) groups is 1. The van der Waals surface area contributed by atoms with E-state index in [0.29, 0.717) is 6.54 Å². The average Bonchev–Trinajstić information content (AvgIpc) is 2.95. The van der Waals surface area contributed by atoms with Crippen LogP contribution in [0.5, 0.6) is 5.75 Å². The maximum absolute atomic E-state index is 13.2. The van der Waals surface area contributed by atoms with Gasteiger partial charge in [-0.3, -0.25) is 19.3 Å². The Morgan fingerprint density at radius 3 is 2.69 bits per heavy atom. The number of nitrogens with zero attached hydrogens (tertiary/aromatic N) is 2. The standard InChI is InChI=1S/C26H22N2O3S/c1-4-16-8-7-9-17-14-32-20-11-6-5-10-18(20)22(21(16)17)28-15-26(2,3)25(31)23-24(30)19(29)12-13-27(23)28/h1,5-13,22,30H,14-15H2,2-3H3. The van der Waals surface area contributed by atoms with Crippen molar-refractivity contribution in [2.75, 3.05) is 11.6 Å². The molecule has 2 aliphatic rings. The van der Waals surface area contributed by atoms with Crippen LogP contribution in [0.2, 0.25) is 0 Å². The molecule has 6 heteroatoms. The van der Waals surface area contributed by atoms with Crippen LogP contribution in [-0.2, 0) is 5.75 Å². The van der Waals surface area contributed by atoms with Gasteiger partial charge in [0, 0.05) is 46.0 Å². The number of benzene rings is 2. The van der Waals surface area contributed by atoms with Crippen LogP contribution in [0.1, 0.15) is 52.6 Å². The Morgan fingerprint density at radius 2 is 1.91 bits per heavy atom. The number of carbonyl (C=O) groups excluding carboxylic acids is 1. The average molecular weight is 443 g/mol. The number of aromatic nitrogens is 1. The Bertz CT molecular complexity index is 1370. The lowest BCUT2D eigenvalue weighted by Gasteiger charge is -2.45. The van der Waals surface area contributed by atoms with Crippen LogP contribution in [0.25, 0.3) is 0 Å². The van der Waals surface area contributed by atoms with Crippen molar-refractivity contribution in [2.45, 2.75) is 30.5 Å². The number of carbonyl (C=O) groups is 1. The highest BCUT2D eigenvalue weighted by atomic mass is 32.2. The zero-order valence-electron chi connectivity index (χ0n) is 17.8. The summed E-state index contributed by atoms with van der Waals surface area (Å²) in [5, 5.41) is 12.6. The van der Waals surface area contributed by atoms with Crippen molar-refractivity contribution in [1.82, 2.24) is 4.68 Å². The molecule has 0 fully saturated rings. The van der Waals surface area contributed by atoms with Crippen LogP contribution >= 0.6 is 11.8 Å². The molecular formula is C26H22N2O3S. The highest BCUT2D eigenvalue weighted by Crippen LogP contribution is 2.45. The first-order valence-corrected chi connectivity index (χ1v) is 11.4. The fraction of sp³-hybridized carbons (Fsp3) is 0.231. The second kappa shape index (κ2) is 7.32. The summed E-state index contributed by atoms with van der Waals surface area (Å²) in [6, 6.07) is 15.2. The molecule has 1 N–H and O–H groups in total. The first-order chi connectivity index (χ1) is 15.3. The molecule has 3 aromatic rings. The molecule has 0 spiro atoms. The van der Waals surface area contributed by atoms with E-state index in [1.54, 1.807) is 22.6 Å². The number of terminal acetylenes is 1. The molecule has 0 radical (unpaired) electrons. The van der Waals surface area contributed by atoms with E-state index in [-0.39, 0.29) is 17.5 Å². The van der Waals surface area contributed by atoms with E-state index in [1.165, 1.54) is 6.07 Å². The smallest absolute Gasteiger partial charge is 0.224 e. The van der Waals surface area contributed by atoms with Crippen molar-refractivity contribution in [2.24, 2.45) is 5.41 Å². The first-order valence-electron chi connectivity index (χ1n) is 10.4. The minimum atomic E-state index is -0.815. The lowest BCUT2D eigenvalue weighted by molar-refractivity contribution is 0.0786. The van der Waals surface area contributed by atoms with E-state index >= 15 is 0 Å². The predicted octanol–water partition coefficient (Wildman–Crippen LogP) is 4.09. The third-order valence-electron chi connectivity index (χ3n) is 6.24. The van der Waals surface area contributed by atoms with E-state index in [2.05, 4.69) is 29.1 Å². The normalized spacial score (nSPS) is 18.7. The van der Waals surface area contributed by atoms with E-state index < -0.39 is 16.6 Å². The van der Waals surface area contributed by atoms with Gasteiger partial charge in [-0.25, -0.2) is 0 Å². The van der Waals surface area contributed by atoms with Crippen molar-refractivity contribution in [3.05, 3.63) is 92.9 Å². The summed E-state index contributed by atoms with van der Waals surface area (Å²) in [6.07, 6.45) is 7.51. The van der Waals surface area contributed by atoms with E-state index in [1.807, 2.05) is 38.1 Å². The van der Waals surface area contributed by atoms with Gasteiger partial charge in [0.2, 0.25) is 5.43 Å². The SMILES string of the molecule is C#Cc1cccc2c1C(N1CC(C)(C)C(=O)c3c(O)c(=O)ccn31)c1ccccc1SC2. The molecule has 5 nitrogen and oxygen atoms in total. The van der Waals surface area contributed by atoms with Crippen molar-refractivity contribution in [3.63, 3.8) is 0 Å². The number of aromatic hydroxyl groups is 1. The molecule has 5 rings (SSSR count). The summed E-state index contributed by atoms with van der Waals surface area (Å²) >= 11 is 1.76. The quantitative estimate of drug-likeness (QED) is 0.575. The number of ketones is 1. The Balaban J connectivity index is 1.86. The highest BCUT2D eigenvalue weighted by Gasteiger charge is 2.44. The maximum Gasteiger partial charge on any atom is 0.224 e. The summed E-state index contributed by atoms with van der Waals surface area (Å²) in [5.41, 5.74) is 2.66. The zero-order valence-corrected chi connectivity index (χ0v) is 18.6. The predicted molar refractivity (Wildman–Crippen MR) is 126 cm³/mol. The summed E-state index contributed by atoms with van der Waals surface area (Å²) in [7, 11) is 0. The summed E-state index contributed by atoms with van der Waals surface area (Å²) in [5.74, 6) is 2.84.